The quantitative estimate of drug-likeness (QED) is 0.452. The van der Waals surface area contributed by atoms with Crippen LogP contribution in [0.2, 0.25) is 0 Å². The highest BCUT2D eigenvalue weighted by Crippen LogP contribution is 2.01. The molecule has 1 aliphatic rings. The molecule has 0 spiro atoms. The second kappa shape index (κ2) is 1.90. The fourth-order valence-corrected chi connectivity index (χ4v) is 0.508. The Hall–Kier alpha value is -0.920. The standard InChI is InChI=1S/C6H7NO/c1-5-2-3-7-4-6(5)8/h2-5H,1H3. The third-order valence-corrected chi connectivity index (χ3v) is 1.11. The molecule has 1 rings (SSSR count). The van der Waals surface area contributed by atoms with E-state index in [0.717, 1.165) is 0 Å². The van der Waals surface area contributed by atoms with Crippen molar-refractivity contribution in [3.63, 3.8) is 0 Å². The van der Waals surface area contributed by atoms with Crippen LogP contribution in [-0.2, 0) is 4.79 Å². The van der Waals surface area contributed by atoms with E-state index in [4.69, 9.17) is 0 Å². The maximum atomic E-state index is 10.6. The molecule has 0 saturated heterocycles. The fourth-order valence-electron chi connectivity index (χ4n) is 0.508. The van der Waals surface area contributed by atoms with Crippen molar-refractivity contribution in [1.82, 2.24) is 0 Å². The van der Waals surface area contributed by atoms with Gasteiger partial charge >= 0.3 is 0 Å². The van der Waals surface area contributed by atoms with Crippen molar-refractivity contribution >= 4 is 12.0 Å². The lowest BCUT2D eigenvalue weighted by atomic mass is 10.1. The molecule has 0 amide bonds. The largest absolute Gasteiger partial charge is 0.292 e. The summed E-state index contributed by atoms with van der Waals surface area (Å²) in [6.07, 6.45) is 4.78. The Morgan fingerprint density at radius 1 is 1.75 bits per heavy atom. The Bertz CT molecular complexity index is 158. The molecule has 0 aromatic heterocycles. The van der Waals surface area contributed by atoms with Crippen molar-refractivity contribution in [1.29, 1.82) is 0 Å². The molecule has 0 radical (unpaired) electrons. The summed E-state index contributed by atoms with van der Waals surface area (Å²) in [5.41, 5.74) is 0. The minimum atomic E-state index is 0.0347. The van der Waals surface area contributed by atoms with Gasteiger partial charge in [0.25, 0.3) is 0 Å². The average Bonchev–Trinajstić information content (AvgIpc) is 1.77. The molecular weight excluding hydrogens is 102 g/mol. The summed E-state index contributed by atoms with van der Waals surface area (Å²) in [6.45, 7) is 1.85. The lowest BCUT2D eigenvalue weighted by Gasteiger charge is -2.00. The van der Waals surface area contributed by atoms with E-state index in [-0.39, 0.29) is 11.7 Å². The van der Waals surface area contributed by atoms with Crippen LogP contribution in [0.1, 0.15) is 6.92 Å². The number of allylic oxidation sites excluding steroid dienone is 1. The maximum absolute atomic E-state index is 10.6. The number of ketones is 1. The van der Waals surface area contributed by atoms with Gasteiger partial charge in [-0.1, -0.05) is 13.0 Å². The average molecular weight is 109 g/mol. The van der Waals surface area contributed by atoms with Crippen LogP contribution in [0.3, 0.4) is 0 Å². The predicted molar refractivity (Wildman–Crippen MR) is 31.8 cm³/mol. The highest BCUT2D eigenvalue weighted by atomic mass is 16.1. The molecular formula is C6H7NO. The number of nitrogens with zero attached hydrogens (tertiary/aromatic N) is 1. The predicted octanol–water partition coefficient (Wildman–Crippen LogP) is 0.790. The number of Topliss-reactive ketones (excluding diaryl/α,β-unsaturated/α-hetero) is 1. The molecule has 42 valence electrons. The molecule has 2 heteroatoms. The number of hydrogen-bond donors (Lipinski definition) is 0. The Morgan fingerprint density at radius 3 is 2.88 bits per heavy atom. The first-order valence-corrected chi connectivity index (χ1v) is 2.54. The van der Waals surface area contributed by atoms with E-state index in [2.05, 4.69) is 4.99 Å². The van der Waals surface area contributed by atoms with Crippen LogP contribution in [0.4, 0.5) is 0 Å². The molecule has 0 bridgehead atoms. The topological polar surface area (TPSA) is 29.4 Å². The number of carbonyl (C=O) groups is 1. The molecule has 1 unspecified atom stereocenters. The minimum absolute atomic E-state index is 0.0347. The third kappa shape index (κ3) is 0.832. The van der Waals surface area contributed by atoms with Crippen LogP contribution in [0, 0.1) is 5.92 Å². The zero-order chi connectivity index (χ0) is 5.98. The Kier molecular flexibility index (Phi) is 1.24. The summed E-state index contributed by atoms with van der Waals surface area (Å²) >= 11 is 0. The zero-order valence-electron chi connectivity index (χ0n) is 4.66. The smallest absolute Gasteiger partial charge is 0.180 e. The monoisotopic (exact) mass is 109 g/mol. The van der Waals surface area contributed by atoms with E-state index >= 15 is 0 Å². The molecule has 1 atom stereocenters. The summed E-state index contributed by atoms with van der Waals surface area (Å²) in [7, 11) is 0. The van der Waals surface area contributed by atoms with Gasteiger partial charge in [-0.15, -0.1) is 0 Å². The van der Waals surface area contributed by atoms with Crippen LogP contribution in [-0.4, -0.2) is 12.0 Å². The second-order valence-corrected chi connectivity index (χ2v) is 1.81. The molecule has 8 heavy (non-hydrogen) atoms. The van der Waals surface area contributed by atoms with E-state index < -0.39 is 0 Å². The van der Waals surface area contributed by atoms with E-state index in [1.165, 1.54) is 6.21 Å². The molecule has 0 aliphatic carbocycles. The van der Waals surface area contributed by atoms with Gasteiger partial charge in [0.15, 0.2) is 5.78 Å². The third-order valence-electron chi connectivity index (χ3n) is 1.11. The van der Waals surface area contributed by atoms with Crippen LogP contribution in [0.5, 0.6) is 0 Å². The van der Waals surface area contributed by atoms with Crippen molar-refractivity contribution < 1.29 is 4.79 Å². The Balaban J connectivity index is 2.74. The van der Waals surface area contributed by atoms with Gasteiger partial charge in [0, 0.05) is 12.1 Å². The van der Waals surface area contributed by atoms with E-state index in [0.29, 0.717) is 0 Å². The highest BCUT2D eigenvalue weighted by Gasteiger charge is 2.07. The summed E-state index contributed by atoms with van der Waals surface area (Å²) in [5.74, 6) is 0.125. The Labute approximate surface area is 47.9 Å². The first-order valence-electron chi connectivity index (χ1n) is 2.54. The van der Waals surface area contributed by atoms with E-state index in [9.17, 15) is 4.79 Å². The second-order valence-electron chi connectivity index (χ2n) is 1.81. The number of carbonyl (C=O) groups excluding carboxylic acids is 1. The first-order chi connectivity index (χ1) is 3.80. The van der Waals surface area contributed by atoms with Gasteiger partial charge in [-0.3, -0.25) is 9.79 Å². The van der Waals surface area contributed by atoms with Crippen LogP contribution >= 0.6 is 0 Å². The summed E-state index contributed by atoms with van der Waals surface area (Å²) < 4.78 is 0. The zero-order valence-corrected chi connectivity index (χ0v) is 4.66. The van der Waals surface area contributed by atoms with Crippen LogP contribution < -0.4 is 0 Å². The van der Waals surface area contributed by atoms with Crippen molar-refractivity contribution in [2.45, 2.75) is 6.92 Å². The summed E-state index contributed by atoms with van der Waals surface area (Å²) in [6, 6.07) is 0. The molecule has 0 aromatic carbocycles. The van der Waals surface area contributed by atoms with Gasteiger partial charge in [-0.05, 0) is 0 Å². The van der Waals surface area contributed by atoms with Gasteiger partial charge in [-0.2, -0.15) is 0 Å². The van der Waals surface area contributed by atoms with Crippen LogP contribution in [0.25, 0.3) is 0 Å². The minimum Gasteiger partial charge on any atom is -0.292 e. The molecule has 1 aliphatic heterocycles. The SMILES string of the molecule is CC1C=CN=CC1=O. The van der Waals surface area contributed by atoms with Gasteiger partial charge in [0.05, 0.1) is 6.21 Å². The Morgan fingerprint density at radius 2 is 2.50 bits per heavy atom. The first kappa shape index (κ1) is 5.22. The van der Waals surface area contributed by atoms with Crippen molar-refractivity contribution in [2.75, 3.05) is 0 Å². The normalized spacial score (nSPS) is 26.6. The number of hydrogen-bond acceptors (Lipinski definition) is 2. The molecule has 0 N–H and O–H groups in total. The summed E-state index contributed by atoms with van der Waals surface area (Å²) in [5, 5.41) is 0. The molecule has 0 fully saturated rings. The highest BCUT2D eigenvalue weighted by molar-refractivity contribution is 6.29. The van der Waals surface area contributed by atoms with Crippen molar-refractivity contribution in [2.24, 2.45) is 10.9 Å². The lowest BCUT2D eigenvalue weighted by molar-refractivity contribution is -0.114. The van der Waals surface area contributed by atoms with Crippen molar-refractivity contribution in [3.05, 3.63) is 12.3 Å². The number of aliphatic imine (C=N–C) groups is 1. The van der Waals surface area contributed by atoms with E-state index in [1.807, 2.05) is 6.92 Å². The number of rotatable bonds is 0. The molecule has 0 saturated carbocycles. The van der Waals surface area contributed by atoms with E-state index in [1.54, 1.807) is 12.3 Å². The van der Waals surface area contributed by atoms with Gasteiger partial charge in [0.1, 0.15) is 0 Å². The molecule has 2 nitrogen and oxygen atoms in total. The van der Waals surface area contributed by atoms with Gasteiger partial charge in [0.2, 0.25) is 0 Å². The summed E-state index contributed by atoms with van der Waals surface area (Å²) in [4.78, 5) is 14.2. The molecule has 1 heterocycles. The molecule has 0 aromatic rings. The maximum Gasteiger partial charge on any atom is 0.180 e. The van der Waals surface area contributed by atoms with Crippen LogP contribution in [0.15, 0.2) is 17.3 Å². The van der Waals surface area contributed by atoms with Crippen molar-refractivity contribution in [3.8, 4) is 0 Å². The van der Waals surface area contributed by atoms with Gasteiger partial charge < -0.3 is 0 Å². The van der Waals surface area contributed by atoms with Gasteiger partial charge in [-0.25, -0.2) is 0 Å². The lowest BCUT2D eigenvalue weighted by Crippen LogP contribution is -2.11. The fraction of sp³-hybridized carbons (Fsp3) is 0.333.